The fraction of sp³-hybridized carbons (Fsp3) is 0.412. The van der Waals surface area contributed by atoms with Gasteiger partial charge in [-0.3, -0.25) is 14.4 Å². The molecule has 0 unspecified atom stereocenters. The van der Waals surface area contributed by atoms with Gasteiger partial charge in [0.2, 0.25) is 5.91 Å². The van der Waals surface area contributed by atoms with Crippen molar-refractivity contribution in [2.45, 2.75) is 32.5 Å². The zero-order chi connectivity index (χ0) is 16.2. The molecular formula is C17H22N4O2. The molecule has 122 valence electrons. The first-order valence-electron chi connectivity index (χ1n) is 7.88. The number of nitrogens with zero attached hydrogens (tertiary/aromatic N) is 3. The molecule has 0 saturated carbocycles. The molecule has 0 spiro atoms. The summed E-state index contributed by atoms with van der Waals surface area (Å²) in [6, 6.07) is 10.3. The summed E-state index contributed by atoms with van der Waals surface area (Å²) in [5.74, 6) is 0.505. The minimum atomic E-state index is -0.102. The Morgan fingerprint density at radius 3 is 2.74 bits per heavy atom. The maximum absolute atomic E-state index is 11.1. The number of aliphatic hydroxyl groups is 1. The van der Waals surface area contributed by atoms with Gasteiger partial charge in [-0.05, 0) is 17.5 Å². The quantitative estimate of drug-likeness (QED) is 0.882. The summed E-state index contributed by atoms with van der Waals surface area (Å²) in [5.41, 5.74) is 2.19. The molecular weight excluding hydrogens is 292 g/mol. The molecule has 0 radical (unpaired) electrons. The average Bonchev–Trinajstić information content (AvgIpc) is 3.17. The highest BCUT2D eigenvalue weighted by Gasteiger charge is 2.24. The predicted molar refractivity (Wildman–Crippen MR) is 87.8 cm³/mol. The van der Waals surface area contributed by atoms with E-state index in [2.05, 4.69) is 27.4 Å². The van der Waals surface area contributed by atoms with E-state index in [1.807, 2.05) is 29.1 Å². The third-order valence-corrected chi connectivity index (χ3v) is 4.15. The number of aliphatic hydroxyl groups excluding tert-OH is 1. The molecule has 23 heavy (non-hydrogen) atoms. The normalized spacial score (nSPS) is 18.3. The molecule has 6 nitrogen and oxygen atoms in total. The van der Waals surface area contributed by atoms with Crippen molar-refractivity contribution in [1.82, 2.24) is 14.7 Å². The third-order valence-electron chi connectivity index (χ3n) is 4.15. The van der Waals surface area contributed by atoms with Crippen molar-refractivity contribution < 1.29 is 9.90 Å². The molecule has 1 saturated heterocycles. The molecule has 0 aliphatic carbocycles. The topological polar surface area (TPSA) is 70.4 Å². The van der Waals surface area contributed by atoms with Crippen molar-refractivity contribution in [3.8, 4) is 0 Å². The van der Waals surface area contributed by atoms with Gasteiger partial charge in [0.25, 0.3) is 0 Å². The summed E-state index contributed by atoms with van der Waals surface area (Å²) < 4.78 is 1.94. The van der Waals surface area contributed by atoms with E-state index < -0.39 is 0 Å². The Bertz CT molecular complexity index is 665. The van der Waals surface area contributed by atoms with Crippen LogP contribution in [-0.4, -0.2) is 38.8 Å². The van der Waals surface area contributed by atoms with Crippen molar-refractivity contribution in [3.63, 3.8) is 0 Å². The minimum Gasteiger partial charge on any atom is -0.392 e. The minimum absolute atomic E-state index is 0.0853. The highest BCUT2D eigenvalue weighted by Crippen LogP contribution is 2.23. The van der Waals surface area contributed by atoms with Crippen LogP contribution in [0.2, 0.25) is 0 Å². The van der Waals surface area contributed by atoms with Crippen molar-refractivity contribution >= 4 is 11.7 Å². The SMILES string of the molecule is CC(=O)Nc1ccn([C@@H]2CCN(Cc3ccc(CO)cc3)C2)n1. The number of nitrogens with one attached hydrogen (secondary N) is 1. The third kappa shape index (κ3) is 3.97. The van der Waals surface area contributed by atoms with Crippen LogP contribution < -0.4 is 5.32 Å². The van der Waals surface area contributed by atoms with Crippen LogP contribution >= 0.6 is 0 Å². The van der Waals surface area contributed by atoms with E-state index >= 15 is 0 Å². The molecule has 1 aromatic carbocycles. The van der Waals surface area contributed by atoms with E-state index in [4.69, 9.17) is 5.11 Å². The van der Waals surface area contributed by atoms with Crippen LogP contribution in [0.1, 0.15) is 30.5 Å². The monoisotopic (exact) mass is 314 g/mol. The lowest BCUT2D eigenvalue weighted by atomic mass is 10.1. The average molecular weight is 314 g/mol. The van der Waals surface area contributed by atoms with Crippen LogP contribution in [-0.2, 0) is 17.9 Å². The number of amides is 1. The Balaban J connectivity index is 1.57. The van der Waals surface area contributed by atoms with Crippen LogP contribution in [0.25, 0.3) is 0 Å². The Hall–Kier alpha value is -2.18. The predicted octanol–water partition coefficient (Wildman–Crippen LogP) is 1.78. The molecule has 1 aliphatic rings. The Labute approximate surface area is 135 Å². The lowest BCUT2D eigenvalue weighted by Crippen LogP contribution is -2.21. The maximum Gasteiger partial charge on any atom is 0.222 e. The number of carbonyl (C=O) groups is 1. The first-order valence-corrected chi connectivity index (χ1v) is 7.88. The van der Waals surface area contributed by atoms with Crippen LogP contribution in [0.4, 0.5) is 5.82 Å². The first-order chi connectivity index (χ1) is 11.1. The van der Waals surface area contributed by atoms with Gasteiger partial charge in [0.05, 0.1) is 12.6 Å². The molecule has 1 fully saturated rings. The summed E-state index contributed by atoms with van der Waals surface area (Å²) >= 11 is 0. The number of carbonyl (C=O) groups excluding carboxylic acids is 1. The van der Waals surface area contributed by atoms with E-state index in [1.165, 1.54) is 12.5 Å². The Morgan fingerprint density at radius 1 is 1.30 bits per heavy atom. The fourth-order valence-electron chi connectivity index (χ4n) is 2.97. The molecule has 2 heterocycles. The second-order valence-corrected chi connectivity index (χ2v) is 6.01. The largest absolute Gasteiger partial charge is 0.392 e. The van der Waals surface area contributed by atoms with Gasteiger partial charge < -0.3 is 10.4 Å². The zero-order valence-electron chi connectivity index (χ0n) is 13.3. The van der Waals surface area contributed by atoms with Gasteiger partial charge in [-0.2, -0.15) is 5.10 Å². The number of hydrogen-bond acceptors (Lipinski definition) is 4. The second kappa shape index (κ2) is 6.93. The van der Waals surface area contributed by atoms with Crippen LogP contribution in [0.5, 0.6) is 0 Å². The Kier molecular flexibility index (Phi) is 4.73. The summed E-state index contributed by atoms with van der Waals surface area (Å²) in [4.78, 5) is 13.5. The number of benzene rings is 1. The van der Waals surface area contributed by atoms with Crippen molar-refractivity contribution in [1.29, 1.82) is 0 Å². The number of rotatable bonds is 5. The fourth-order valence-corrected chi connectivity index (χ4v) is 2.97. The van der Waals surface area contributed by atoms with E-state index in [9.17, 15) is 4.79 Å². The molecule has 1 atom stereocenters. The van der Waals surface area contributed by atoms with Crippen molar-refractivity contribution in [3.05, 3.63) is 47.7 Å². The lowest BCUT2D eigenvalue weighted by Gasteiger charge is -2.16. The molecule has 3 rings (SSSR count). The van der Waals surface area contributed by atoms with Gasteiger partial charge in [-0.15, -0.1) is 0 Å². The van der Waals surface area contributed by atoms with Crippen LogP contribution in [0, 0.1) is 0 Å². The molecule has 2 N–H and O–H groups in total. The van der Waals surface area contributed by atoms with Crippen LogP contribution in [0.15, 0.2) is 36.5 Å². The molecule has 1 aromatic heterocycles. The van der Waals surface area contributed by atoms with E-state index in [0.29, 0.717) is 11.9 Å². The second-order valence-electron chi connectivity index (χ2n) is 6.01. The molecule has 0 bridgehead atoms. The van der Waals surface area contributed by atoms with Crippen molar-refractivity contribution in [2.75, 3.05) is 18.4 Å². The summed E-state index contributed by atoms with van der Waals surface area (Å²) in [7, 11) is 0. The molecule has 1 amide bonds. The van der Waals surface area contributed by atoms with Crippen molar-refractivity contribution in [2.24, 2.45) is 0 Å². The van der Waals surface area contributed by atoms with Gasteiger partial charge >= 0.3 is 0 Å². The van der Waals surface area contributed by atoms with E-state index in [-0.39, 0.29) is 12.5 Å². The van der Waals surface area contributed by atoms with Crippen LogP contribution in [0.3, 0.4) is 0 Å². The van der Waals surface area contributed by atoms with Gasteiger partial charge in [0.15, 0.2) is 5.82 Å². The van der Waals surface area contributed by atoms with Gasteiger partial charge in [0, 0.05) is 38.8 Å². The highest BCUT2D eigenvalue weighted by atomic mass is 16.3. The highest BCUT2D eigenvalue weighted by molar-refractivity contribution is 5.87. The Morgan fingerprint density at radius 2 is 2.04 bits per heavy atom. The van der Waals surface area contributed by atoms with E-state index in [1.54, 1.807) is 0 Å². The first kappa shape index (κ1) is 15.7. The smallest absolute Gasteiger partial charge is 0.222 e. The van der Waals surface area contributed by atoms with Gasteiger partial charge in [-0.1, -0.05) is 24.3 Å². The molecule has 2 aromatic rings. The number of anilines is 1. The standard InChI is InChI=1S/C17H22N4O2/c1-13(23)18-17-7-9-21(19-17)16-6-8-20(11-16)10-14-2-4-15(12-22)5-3-14/h2-5,7,9,16,22H,6,8,10-12H2,1H3,(H,18,19,23)/t16-/m1/s1. The number of hydrogen-bond donors (Lipinski definition) is 2. The number of aromatic nitrogens is 2. The van der Waals surface area contributed by atoms with Gasteiger partial charge in [0.1, 0.15) is 0 Å². The van der Waals surface area contributed by atoms with E-state index in [0.717, 1.165) is 31.6 Å². The molecule has 1 aliphatic heterocycles. The summed E-state index contributed by atoms with van der Waals surface area (Å²) in [6.45, 7) is 4.45. The zero-order valence-corrected chi connectivity index (χ0v) is 13.3. The molecule has 6 heteroatoms. The maximum atomic E-state index is 11.1. The number of likely N-dealkylation sites (tertiary alicyclic amines) is 1. The summed E-state index contributed by atoms with van der Waals surface area (Å²) in [6.07, 6.45) is 2.98. The summed E-state index contributed by atoms with van der Waals surface area (Å²) in [5, 5.41) is 16.2. The van der Waals surface area contributed by atoms with Gasteiger partial charge in [-0.25, -0.2) is 0 Å². The lowest BCUT2D eigenvalue weighted by molar-refractivity contribution is -0.114.